The summed E-state index contributed by atoms with van der Waals surface area (Å²) in [7, 11) is 0. The molecule has 5 heteroatoms. The van der Waals surface area contributed by atoms with Crippen molar-refractivity contribution in [3.8, 4) is 5.75 Å². The van der Waals surface area contributed by atoms with Crippen LogP contribution in [0.3, 0.4) is 0 Å². The average molecular weight is 369 g/mol. The van der Waals surface area contributed by atoms with Gasteiger partial charge in [-0.1, -0.05) is 30.3 Å². The molecule has 0 saturated carbocycles. The van der Waals surface area contributed by atoms with Gasteiger partial charge in [0.2, 0.25) is 0 Å². The summed E-state index contributed by atoms with van der Waals surface area (Å²) >= 11 is 1.54. The molecule has 0 aliphatic heterocycles. The molecule has 1 aromatic heterocycles. The number of aryl methyl sites for hydroxylation is 1. The number of amides is 1. The van der Waals surface area contributed by atoms with Crippen LogP contribution in [-0.2, 0) is 4.79 Å². The number of thiophene rings is 1. The molecule has 0 bridgehead atoms. The molecule has 1 heterocycles. The van der Waals surface area contributed by atoms with Crippen molar-refractivity contribution < 1.29 is 13.9 Å². The third-order valence-corrected chi connectivity index (χ3v) is 4.93. The maximum atomic E-state index is 13.3. The summed E-state index contributed by atoms with van der Waals surface area (Å²) in [6.45, 7) is 3.69. The second-order valence-electron chi connectivity index (χ2n) is 6.09. The topological polar surface area (TPSA) is 38.3 Å². The predicted molar refractivity (Wildman–Crippen MR) is 102 cm³/mol. The molecular weight excluding hydrogens is 349 g/mol. The van der Waals surface area contributed by atoms with Gasteiger partial charge in [0.05, 0.1) is 6.04 Å². The molecule has 2 aromatic carbocycles. The van der Waals surface area contributed by atoms with E-state index in [1.165, 1.54) is 12.1 Å². The van der Waals surface area contributed by atoms with E-state index in [0.717, 1.165) is 16.0 Å². The summed E-state index contributed by atoms with van der Waals surface area (Å²) in [5.41, 5.74) is 1.89. The van der Waals surface area contributed by atoms with E-state index in [0.29, 0.717) is 5.75 Å². The maximum absolute atomic E-state index is 13.3. The Balaban J connectivity index is 1.75. The van der Waals surface area contributed by atoms with Crippen molar-refractivity contribution >= 4 is 17.2 Å². The number of ether oxygens (including phenoxy) is 1. The SMILES string of the molecule is Cc1cccc(OC(C)C(=O)NC(c2ccc(F)cc2)c2cccs2)c1. The highest BCUT2D eigenvalue weighted by atomic mass is 32.1. The Morgan fingerprint density at radius 2 is 1.88 bits per heavy atom. The molecule has 1 amide bonds. The maximum Gasteiger partial charge on any atom is 0.261 e. The summed E-state index contributed by atoms with van der Waals surface area (Å²) in [4.78, 5) is 13.7. The van der Waals surface area contributed by atoms with Crippen molar-refractivity contribution in [1.82, 2.24) is 5.32 Å². The van der Waals surface area contributed by atoms with Gasteiger partial charge in [-0.15, -0.1) is 11.3 Å². The molecule has 3 nitrogen and oxygen atoms in total. The van der Waals surface area contributed by atoms with Gasteiger partial charge in [-0.2, -0.15) is 0 Å². The molecule has 0 fully saturated rings. The standard InChI is InChI=1S/C21H20FNO2S/c1-14-5-3-6-18(13-14)25-15(2)21(24)23-20(19-7-4-12-26-19)16-8-10-17(22)11-9-16/h3-13,15,20H,1-2H3,(H,23,24). The first kappa shape index (κ1) is 18.1. The molecule has 0 aliphatic rings. The summed E-state index contributed by atoms with van der Waals surface area (Å²) in [5.74, 6) is 0.123. The van der Waals surface area contributed by atoms with Gasteiger partial charge in [0.1, 0.15) is 11.6 Å². The molecule has 0 spiro atoms. The number of hydrogen-bond donors (Lipinski definition) is 1. The van der Waals surface area contributed by atoms with Crippen molar-refractivity contribution in [3.63, 3.8) is 0 Å². The van der Waals surface area contributed by atoms with Gasteiger partial charge < -0.3 is 10.1 Å². The molecule has 3 aromatic rings. The minimum Gasteiger partial charge on any atom is -0.481 e. The van der Waals surface area contributed by atoms with Crippen molar-refractivity contribution in [2.24, 2.45) is 0 Å². The van der Waals surface area contributed by atoms with Gasteiger partial charge in [0.15, 0.2) is 6.10 Å². The van der Waals surface area contributed by atoms with Crippen LogP contribution >= 0.6 is 11.3 Å². The summed E-state index contributed by atoms with van der Waals surface area (Å²) in [6, 6.07) is 17.3. The Bertz CT molecular complexity index is 862. The molecule has 134 valence electrons. The fourth-order valence-electron chi connectivity index (χ4n) is 2.64. The van der Waals surface area contributed by atoms with Gasteiger partial charge in [0, 0.05) is 4.88 Å². The van der Waals surface area contributed by atoms with Crippen LogP contribution in [-0.4, -0.2) is 12.0 Å². The molecule has 26 heavy (non-hydrogen) atoms. The first-order chi connectivity index (χ1) is 12.5. The summed E-state index contributed by atoms with van der Waals surface area (Å²) in [5, 5.41) is 4.96. The number of rotatable bonds is 6. The van der Waals surface area contributed by atoms with Crippen LogP contribution in [0.5, 0.6) is 5.75 Å². The number of carbonyl (C=O) groups is 1. The Morgan fingerprint density at radius 1 is 1.12 bits per heavy atom. The van der Waals surface area contributed by atoms with Crippen LogP contribution < -0.4 is 10.1 Å². The summed E-state index contributed by atoms with van der Waals surface area (Å²) < 4.78 is 19.0. The second-order valence-corrected chi connectivity index (χ2v) is 7.06. The lowest BCUT2D eigenvalue weighted by atomic mass is 10.0. The smallest absolute Gasteiger partial charge is 0.261 e. The van der Waals surface area contributed by atoms with Crippen LogP contribution in [0.4, 0.5) is 4.39 Å². The molecule has 1 N–H and O–H groups in total. The Morgan fingerprint density at radius 3 is 2.54 bits per heavy atom. The molecule has 3 rings (SSSR count). The molecular formula is C21H20FNO2S. The van der Waals surface area contributed by atoms with Crippen LogP contribution in [0.15, 0.2) is 66.0 Å². The molecule has 0 radical (unpaired) electrons. The Kier molecular flexibility index (Phi) is 5.68. The van der Waals surface area contributed by atoms with E-state index >= 15 is 0 Å². The third-order valence-electron chi connectivity index (χ3n) is 3.99. The molecule has 2 unspecified atom stereocenters. The lowest BCUT2D eigenvalue weighted by Crippen LogP contribution is -2.38. The van der Waals surface area contributed by atoms with E-state index in [9.17, 15) is 9.18 Å². The van der Waals surface area contributed by atoms with Crippen molar-refractivity contribution in [3.05, 3.63) is 87.9 Å². The first-order valence-corrected chi connectivity index (χ1v) is 9.23. The number of nitrogens with one attached hydrogen (secondary N) is 1. The monoisotopic (exact) mass is 369 g/mol. The van der Waals surface area contributed by atoms with E-state index < -0.39 is 6.10 Å². The number of benzene rings is 2. The summed E-state index contributed by atoms with van der Waals surface area (Å²) in [6.07, 6.45) is -0.653. The average Bonchev–Trinajstić information content (AvgIpc) is 3.14. The molecule has 0 saturated heterocycles. The van der Waals surface area contributed by atoms with E-state index in [4.69, 9.17) is 4.74 Å². The van der Waals surface area contributed by atoms with Gasteiger partial charge in [-0.3, -0.25) is 4.79 Å². The Labute approximate surface area is 156 Å². The lowest BCUT2D eigenvalue weighted by molar-refractivity contribution is -0.127. The zero-order valence-corrected chi connectivity index (χ0v) is 15.4. The minimum atomic E-state index is -0.653. The quantitative estimate of drug-likeness (QED) is 0.673. The largest absolute Gasteiger partial charge is 0.481 e. The van der Waals surface area contributed by atoms with Gasteiger partial charge in [-0.25, -0.2) is 4.39 Å². The van der Waals surface area contributed by atoms with Gasteiger partial charge >= 0.3 is 0 Å². The number of halogens is 1. The highest BCUT2D eigenvalue weighted by molar-refractivity contribution is 7.10. The number of hydrogen-bond acceptors (Lipinski definition) is 3. The predicted octanol–water partition coefficient (Wildman–Crippen LogP) is 4.87. The fraction of sp³-hybridized carbons (Fsp3) is 0.190. The highest BCUT2D eigenvalue weighted by Gasteiger charge is 2.22. The van der Waals surface area contributed by atoms with E-state index in [-0.39, 0.29) is 17.8 Å². The van der Waals surface area contributed by atoms with Crippen molar-refractivity contribution in [2.75, 3.05) is 0 Å². The fourth-order valence-corrected chi connectivity index (χ4v) is 3.44. The first-order valence-electron chi connectivity index (χ1n) is 8.35. The zero-order valence-electron chi connectivity index (χ0n) is 14.6. The van der Waals surface area contributed by atoms with Crippen LogP contribution in [0, 0.1) is 12.7 Å². The van der Waals surface area contributed by atoms with E-state index in [2.05, 4.69) is 5.32 Å². The highest BCUT2D eigenvalue weighted by Crippen LogP contribution is 2.26. The zero-order chi connectivity index (χ0) is 18.5. The molecule has 0 aliphatic carbocycles. The third kappa shape index (κ3) is 4.49. The normalized spacial score (nSPS) is 13.0. The second kappa shape index (κ2) is 8.15. The van der Waals surface area contributed by atoms with E-state index in [1.807, 2.05) is 48.7 Å². The Hall–Kier alpha value is -2.66. The van der Waals surface area contributed by atoms with Crippen LogP contribution in [0.25, 0.3) is 0 Å². The van der Waals surface area contributed by atoms with Crippen molar-refractivity contribution in [2.45, 2.75) is 26.0 Å². The number of carbonyl (C=O) groups excluding carboxylic acids is 1. The van der Waals surface area contributed by atoms with Crippen molar-refractivity contribution in [1.29, 1.82) is 0 Å². The van der Waals surface area contributed by atoms with Crippen LogP contribution in [0.2, 0.25) is 0 Å². The lowest BCUT2D eigenvalue weighted by Gasteiger charge is -2.21. The van der Waals surface area contributed by atoms with E-state index in [1.54, 1.807) is 30.4 Å². The van der Waals surface area contributed by atoms with Crippen LogP contribution in [0.1, 0.15) is 29.0 Å². The van der Waals surface area contributed by atoms with Gasteiger partial charge in [0.25, 0.3) is 5.91 Å². The van der Waals surface area contributed by atoms with Gasteiger partial charge in [-0.05, 0) is 60.7 Å². The molecule has 2 atom stereocenters. The minimum absolute atomic E-state index is 0.228.